The highest BCUT2D eigenvalue weighted by atomic mass is 16.2. The average molecular weight is 341 g/mol. The lowest BCUT2D eigenvalue weighted by Crippen LogP contribution is -2.51. The molecule has 0 radical (unpaired) electrons. The zero-order valence-corrected chi connectivity index (χ0v) is 14.2. The number of nitrogens with zero attached hydrogens (tertiary/aromatic N) is 6. The second kappa shape index (κ2) is 6.70. The van der Waals surface area contributed by atoms with Crippen molar-refractivity contribution in [3.8, 4) is 5.82 Å². The van der Waals surface area contributed by atoms with Gasteiger partial charge in [-0.15, -0.1) is 0 Å². The summed E-state index contributed by atoms with van der Waals surface area (Å²) in [4.78, 5) is 25.1. The van der Waals surface area contributed by atoms with Crippen molar-refractivity contribution in [1.29, 1.82) is 0 Å². The van der Waals surface area contributed by atoms with Gasteiger partial charge in [0.2, 0.25) is 11.9 Å². The van der Waals surface area contributed by atoms with E-state index in [0.717, 1.165) is 19.6 Å². The van der Waals surface area contributed by atoms with E-state index in [1.807, 2.05) is 21.9 Å². The molecular weight excluding hydrogens is 318 g/mol. The quantitative estimate of drug-likeness (QED) is 0.894. The van der Waals surface area contributed by atoms with E-state index in [1.165, 1.54) is 25.7 Å². The van der Waals surface area contributed by atoms with Gasteiger partial charge < -0.3 is 15.5 Å². The molecule has 3 heterocycles. The monoisotopic (exact) mass is 341 g/mol. The summed E-state index contributed by atoms with van der Waals surface area (Å²) < 4.78 is 1.64. The fraction of sp³-hybridized carbons (Fsp3) is 0.529. The Morgan fingerprint density at radius 1 is 1.16 bits per heavy atom. The first-order valence-corrected chi connectivity index (χ1v) is 8.86. The SMILES string of the molecule is Nc1nc(N2CCN(CC3CCCC3)C(=O)C2)cc(-n2cccn2)n1. The summed E-state index contributed by atoms with van der Waals surface area (Å²) in [5, 5.41) is 4.18. The van der Waals surface area contributed by atoms with Crippen LogP contribution in [-0.2, 0) is 4.79 Å². The Bertz CT molecular complexity index is 739. The number of hydrogen-bond donors (Lipinski definition) is 1. The highest BCUT2D eigenvalue weighted by Crippen LogP contribution is 2.26. The predicted molar refractivity (Wildman–Crippen MR) is 94.3 cm³/mol. The molecule has 4 rings (SSSR count). The molecular formula is C17H23N7O. The fourth-order valence-corrected chi connectivity index (χ4v) is 3.73. The van der Waals surface area contributed by atoms with Gasteiger partial charge in [0.15, 0.2) is 5.82 Å². The molecule has 1 amide bonds. The molecule has 8 nitrogen and oxygen atoms in total. The van der Waals surface area contributed by atoms with Gasteiger partial charge in [0, 0.05) is 38.1 Å². The molecule has 1 aliphatic carbocycles. The second-order valence-electron chi connectivity index (χ2n) is 6.80. The van der Waals surface area contributed by atoms with Gasteiger partial charge in [0.25, 0.3) is 0 Å². The van der Waals surface area contributed by atoms with Gasteiger partial charge in [0.1, 0.15) is 5.82 Å². The van der Waals surface area contributed by atoms with Crippen molar-refractivity contribution < 1.29 is 4.79 Å². The van der Waals surface area contributed by atoms with Crippen molar-refractivity contribution in [3.63, 3.8) is 0 Å². The first-order chi connectivity index (χ1) is 12.2. The van der Waals surface area contributed by atoms with Crippen molar-refractivity contribution >= 4 is 17.7 Å². The van der Waals surface area contributed by atoms with Gasteiger partial charge >= 0.3 is 0 Å². The first kappa shape index (κ1) is 15.9. The molecule has 132 valence electrons. The normalized spacial score (nSPS) is 19.0. The number of nitrogens with two attached hydrogens (primary N) is 1. The molecule has 1 aliphatic heterocycles. The van der Waals surface area contributed by atoms with Crippen molar-refractivity contribution in [2.24, 2.45) is 5.92 Å². The van der Waals surface area contributed by atoms with Crippen LogP contribution < -0.4 is 10.6 Å². The highest BCUT2D eigenvalue weighted by molar-refractivity contribution is 5.82. The molecule has 1 saturated carbocycles. The van der Waals surface area contributed by atoms with E-state index in [2.05, 4.69) is 15.1 Å². The maximum absolute atomic E-state index is 12.6. The zero-order valence-electron chi connectivity index (χ0n) is 14.2. The number of anilines is 2. The smallest absolute Gasteiger partial charge is 0.242 e. The van der Waals surface area contributed by atoms with E-state index in [0.29, 0.717) is 24.1 Å². The molecule has 8 heteroatoms. The molecule has 2 N–H and O–H groups in total. The minimum atomic E-state index is 0.163. The summed E-state index contributed by atoms with van der Waals surface area (Å²) in [6.45, 7) is 2.72. The summed E-state index contributed by atoms with van der Waals surface area (Å²) in [6, 6.07) is 3.65. The van der Waals surface area contributed by atoms with E-state index in [1.54, 1.807) is 17.1 Å². The van der Waals surface area contributed by atoms with Crippen molar-refractivity contribution in [1.82, 2.24) is 24.6 Å². The number of rotatable bonds is 4. The number of amides is 1. The van der Waals surface area contributed by atoms with Gasteiger partial charge in [-0.25, -0.2) is 4.68 Å². The number of carbonyl (C=O) groups is 1. The molecule has 25 heavy (non-hydrogen) atoms. The molecule has 2 aromatic rings. The van der Waals surface area contributed by atoms with Crippen LogP contribution in [0.5, 0.6) is 0 Å². The third-order valence-electron chi connectivity index (χ3n) is 5.05. The zero-order chi connectivity index (χ0) is 17.2. The Hall–Kier alpha value is -2.64. The van der Waals surface area contributed by atoms with E-state index in [9.17, 15) is 4.79 Å². The topological polar surface area (TPSA) is 93.2 Å². The van der Waals surface area contributed by atoms with Crippen LogP contribution in [0.2, 0.25) is 0 Å². The van der Waals surface area contributed by atoms with E-state index in [4.69, 9.17) is 5.73 Å². The van der Waals surface area contributed by atoms with E-state index >= 15 is 0 Å². The number of carbonyl (C=O) groups excluding carboxylic acids is 1. The van der Waals surface area contributed by atoms with Gasteiger partial charge in [-0.1, -0.05) is 12.8 Å². The highest BCUT2D eigenvalue weighted by Gasteiger charge is 2.28. The Morgan fingerprint density at radius 3 is 2.68 bits per heavy atom. The van der Waals surface area contributed by atoms with Crippen LogP contribution in [0.25, 0.3) is 5.82 Å². The number of aromatic nitrogens is 4. The third kappa shape index (κ3) is 3.42. The molecule has 1 saturated heterocycles. The van der Waals surface area contributed by atoms with Crippen molar-refractivity contribution in [2.45, 2.75) is 25.7 Å². The summed E-state index contributed by atoms with van der Waals surface area (Å²) in [6.07, 6.45) is 8.59. The predicted octanol–water partition coefficient (Wildman–Crippen LogP) is 1.08. The largest absolute Gasteiger partial charge is 0.368 e. The van der Waals surface area contributed by atoms with E-state index < -0.39 is 0 Å². The molecule has 0 unspecified atom stereocenters. The summed E-state index contributed by atoms with van der Waals surface area (Å²) >= 11 is 0. The van der Waals surface area contributed by atoms with Gasteiger partial charge in [-0.05, 0) is 24.8 Å². The molecule has 2 aromatic heterocycles. The number of hydrogen-bond acceptors (Lipinski definition) is 6. The van der Waals surface area contributed by atoms with Crippen LogP contribution in [0.3, 0.4) is 0 Å². The lowest BCUT2D eigenvalue weighted by molar-refractivity contribution is -0.131. The van der Waals surface area contributed by atoms with Crippen LogP contribution in [-0.4, -0.2) is 56.7 Å². The van der Waals surface area contributed by atoms with Crippen LogP contribution in [0.4, 0.5) is 11.8 Å². The molecule has 2 aliphatic rings. The minimum Gasteiger partial charge on any atom is -0.368 e. The molecule has 0 spiro atoms. The third-order valence-corrected chi connectivity index (χ3v) is 5.05. The van der Waals surface area contributed by atoms with Crippen LogP contribution in [0.1, 0.15) is 25.7 Å². The first-order valence-electron chi connectivity index (χ1n) is 8.86. The summed E-state index contributed by atoms with van der Waals surface area (Å²) in [5.74, 6) is 2.30. The molecule has 2 fully saturated rings. The van der Waals surface area contributed by atoms with E-state index in [-0.39, 0.29) is 11.9 Å². The molecule has 0 atom stereocenters. The van der Waals surface area contributed by atoms with Crippen LogP contribution in [0, 0.1) is 5.92 Å². The van der Waals surface area contributed by atoms with Crippen LogP contribution >= 0.6 is 0 Å². The van der Waals surface area contributed by atoms with Crippen molar-refractivity contribution in [3.05, 3.63) is 24.5 Å². The minimum absolute atomic E-state index is 0.163. The van der Waals surface area contributed by atoms with Gasteiger partial charge in [0.05, 0.1) is 6.54 Å². The lowest BCUT2D eigenvalue weighted by Gasteiger charge is -2.36. The Balaban J connectivity index is 1.47. The Labute approximate surface area is 146 Å². The summed E-state index contributed by atoms with van der Waals surface area (Å²) in [5.41, 5.74) is 5.86. The lowest BCUT2D eigenvalue weighted by atomic mass is 10.1. The Morgan fingerprint density at radius 2 is 1.96 bits per heavy atom. The van der Waals surface area contributed by atoms with Crippen LogP contribution in [0.15, 0.2) is 24.5 Å². The number of piperazine rings is 1. The van der Waals surface area contributed by atoms with Gasteiger partial charge in [-0.3, -0.25) is 4.79 Å². The standard InChI is InChI=1S/C17H23N7O/c18-17-20-14(10-15(21-17)24-7-3-6-19-24)22-8-9-23(16(25)12-22)11-13-4-1-2-5-13/h3,6-7,10,13H,1-2,4-5,8-9,11-12H2,(H2,18,20,21). The molecule has 0 bridgehead atoms. The molecule has 0 aromatic carbocycles. The second-order valence-corrected chi connectivity index (χ2v) is 6.80. The Kier molecular flexibility index (Phi) is 4.25. The van der Waals surface area contributed by atoms with Gasteiger partial charge in [-0.2, -0.15) is 15.1 Å². The maximum atomic E-state index is 12.6. The number of nitrogen functional groups attached to an aromatic ring is 1. The maximum Gasteiger partial charge on any atom is 0.242 e. The summed E-state index contributed by atoms with van der Waals surface area (Å²) in [7, 11) is 0. The average Bonchev–Trinajstić information content (AvgIpc) is 3.29. The van der Waals surface area contributed by atoms with Crippen molar-refractivity contribution in [2.75, 3.05) is 36.8 Å². The fourth-order valence-electron chi connectivity index (χ4n) is 3.73.